The molecule has 158 valence electrons. The van der Waals surface area contributed by atoms with E-state index in [4.69, 9.17) is 9.73 Å². The Morgan fingerprint density at radius 1 is 0.719 bits per heavy atom. The molecule has 4 aromatic rings. The normalized spacial score (nSPS) is 15.5. The lowest BCUT2D eigenvalue weighted by Crippen LogP contribution is -2.24. The first-order chi connectivity index (χ1) is 15.7. The fourth-order valence-electron chi connectivity index (χ4n) is 4.34. The van der Waals surface area contributed by atoms with Gasteiger partial charge in [0.15, 0.2) is 0 Å². The zero-order valence-corrected chi connectivity index (χ0v) is 19.3. The molecule has 1 aliphatic heterocycles. The van der Waals surface area contributed by atoms with Gasteiger partial charge in [0.1, 0.15) is 12.6 Å². The summed E-state index contributed by atoms with van der Waals surface area (Å²) >= 11 is 0. The van der Waals surface area contributed by atoms with E-state index < -0.39 is 7.92 Å². The minimum absolute atomic E-state index is 0.000516. The predicted molar refractivity (Wildman–Crippen MR) is 136 cm³/mol. The molecule has 0 radical (unpaired) electrons. The van der Waals surface area contributed by atoms with Crippen LogP contribution in [0.5, 0.6) is 0 Å². The van der Waals surface area contributed by atoms with E-state index in [0.717, 1.165) is 11.5 Å². The number of benzene rings is 4. The Hall–Kier alpha value is -3.22. The van der Waals surface area contributed by atoms with E-state index in [9.17, 15) is 0 Å². The highest BCUT2D eigenvalue weighted by molar-refractivity contribution is 7.79. The number of hydrogen-bond donors (Lipinski definition) is 0. The van der Waals surface area contributed by atoms with Crippen molar-refractivity contribution >= 4 is 29.7 Å². The molecule has 0 unspecified atom stereocenters. The zero-order valence-electron chi connectivity index (χ0n) is 18.4. The van der Waals surface area contributed by atoms with Crippen molar-refractivity contribution in [2.75, 3.05) is 6.61 Å². The number of hydrogen-bond acceptors (Lipinski definition) is 2. The van der Waals surface area contributed by atoms with Crippen LogP contribution in [0.3, 0.4) is 0 Å². The maximum absolute atomic E-state index is 6.12. The molecule has 0 N–H and O–H groups in total. The number of aliphatic imine (C=N–C) groups is 1. The summed E-state index contributed by atoms with van der Waals surface area (Å²) in [6, 6.07) is 36.9. The van der Waals surface area contributed by atoms with Crippen LogP contribution in [0.15, 0.2) is 108 Å². The maximum Gasteiger partial charge on any atom is 0.216 e. The summed E-state index contributed by atoms with van der Waals surface area (Å²) in [5.74, 6) is 0.750. The molecule has 1 heterocycles. The lowest BCUT2D eigenvalue weighted by atomic mass is 10.1. The molecule has 3 heteroatoms. The fraction of sp³-hybridized carbons (Fsp3) is 0.138. The summed E-state index contributed by atoms with van der Waals surface area (Å²) in [6.07, 6.45) is 0. The quantitative estimate of drug-likeness (QED) is 0.375. The van der Waals surface area contributed by atoms with Crippen LogP contribution in [0.4, 0.5) is 0 Å². The molecule has 0 amide bonds. The van der Waals surface area contributed by atoms with Crippen LogP contribution in [0.2, 0.25) is 0 Å². The highest BCUT2D eigenvalue weighted by Gasteiger charge is 2.27. The van der Waals surface area contributed by atoms with Crippen LogP contribution >= 0.6 is 7.92 Å². The fourth-order valence-corrected chi connectivity index (χ4v) is 6.86. The predicted octanol–water partition coefficient (Wildman–Crippen LogP) is 5.58. The zero-order chi connectivity index (χ0) is 21.9. The molecule has 0 saturated carbocycles. The molecule has 0 spiro atoms. The smallest absolute Gasteiger partial charge is 0.216 e. The van der Waals surface area contributed by atoms with Gasteiger partial charge < -0.3 is 4.74 Å². The monoisotopic (exact) mass is 435 g/mol. The topological polar surface area (TPSA) is 21.6 Å². The molecule has 0 aliphatic carbocycles. The van der Waals surface area contributed by atoms with E-state index in [0.29, 0.717) is 6.61 Å². The Labute approximate surface area is 191 Å². The third-order valence-electron chi connectivity index (χ3n) is 5.69. The van der Waals surface area contributed by atoms with Crippen molar-refractivity contribution in [2.45, 2.75) is 19.9 Å². The summed E-state index contributed by atoms with van der Waals surface area (Å²) < 4.78 is 6.12. The summed E-state index contributed by atoms with van der Waals surface area (Å²) in [5, 5.41) is 4.04. The van der Waals surface area contributed by atoms with E-state index in [1.807, 2.05) is 0 Å². The summed E-state index contributed by atoms with van der Waals surface area (Å²) in [6.45, 7) is 4.81. The number of nitrogens with zero attached hydrogens (tertiary/aromatic N) is 1. The van der Waals surface area contributed by atoms with Crippen LogP contribution in [-0.4, -0.2) is 12.5 Å². The summed E-state index contributed by atoms with van der Waals surface area (Å²) in [5.41, 5.74) is 4.78. The molecule has 5 rings (SSSR count). The largest absolute Gasteiger partial charge is 0.475 e. The molecular weight excluding hydrogens is 409 g/mol. The van der Waals surface area contributed by atoms with Gasteiger partial charge in [-0.05, 0) is 55.4 Å². The van der Waals surface area contributed by atoms with Gasteiger partial charge >= 0.3 is 0 Å². The lowest BCUT2D eigenvalue weighted by Gasteiger charge is -2.23. The Morgan fingerprint density at radius 3 is 1.91 bits per heavy atom. The Morgan fingerprint density at radius 2 is 1.28 bits per heavy atom. The molecule has 32 heavy (non-hydrogen) atoms. The molecule has 4 aromatic carbocycles. The first-order valence-electron chi connectivity index (χ1n) is 11.0. The molecule has 1 aliphatic rings. The molecule has 0 saturated heterocycles. The van der Waals surface area contributed by atoms with Gasteiger partial charge in [-0.15, -0.1) is 0 Å². The average molecular weight is 436 g/mol. The summed E-state index contributed by atoms with van der Waals surface area (Å²) in [7, 11) is -0.687. The van der Waals surface area contributed by atoms with Crippen molar-refractivity contribution in [3.63, 3.8) is 0 Å². The van der Waals surface area contributed by atoms with Crippen molar-refractivity contribution in [2.24, 2.45) is 4.99 Å². The van der Waals surface area contributed by atoms with E-state index in [2.05, 4.69) is 117 Å². The molecular formula is C29H26NOP. The minimum atomic E-state index is -0.687. The van der Waals surface area contributed by atoms with Crippen LogP contribution in [0, 0.1) is 13.8 Å². The first kappa shape index (κ1) is 20.7. The minimum Gasteiger partial charge on any atom is -0.475 e. The van der Waals surface area contributed by atoms with Crippen molar-refractivity contribution in [3.05, 3.63) is 125 Å². The second kappa shape index (κ2) is 9.10. The average Bonchev–Trinajstić information content (AvgIpc) is 3.31. The van der Waals surface area contributed by atoms with E-state index in [1.54, 1.807) is 0 Å². The second-order valence-electron chi connectivity index (χ2n) is 8.20. The van der Waals surface area contributed by atoms with Crippen LogP contribution < -0.4 is 15.9 Å². The van der Waals surface area contributed by atoms with Gasteiger partial charge in [-0.1, -0.05) is 102 Å². The van der Waals surface area contributed by atoms with Gasteiger partial charge in [0, 0.05) is 5.56 Å². The number of aryl methyl sites for hydroxylation is 2. The molecule has 1 atom stereocenters. The second-order valence-corrected chi connectivity index (χ2v) is 10.4. The number of ether oxygens (including phenoxy) is 1. The van der Waals surface area contributed by atoms with Crippen molar-refractivity contribution in [1.82, 2.24) is 0 Å². The van der Waals surface area contributed by atoms with Crippen LogP contribution in [0.25, 0.3) is 0 Å². The molecule has 2 nitrogen and oxygen atoms in total. The van der Waals surface area contributed by atoms with Crippen LogP contribution in [0.1, 0.15) is 28.3 Å². The van der Waals surface area contributed by atoms with E-state index >= 15 is 0 Å². The Kier molecular flexibility index (Phi) is 5.88. The summed E-state index contributed by atoms with van der Waals surface area (Å²) in [4.78, 5) is 5.05. The molecule has 0 fully saturated rings. The Bertz CT molecular complexity index is 1190. The Balaban J connectivity index is 1.58. The van der Waals surface area contributed by atoms with Crippen LogP contribution in [-0.2, 0) is 4.74 Å². The highest BCUT2D eigenvalue weighted by atomic mass is 31.1. The van der Waals surface area contributed by atoms with Crippen molar-refractivity contribution in [3.8, 4) is 0 Å². The van der Waals surface area contributed by atoms with Gasteiger partial charge in [0.25, 0.3) is 0 Å². The standard InChI is InChI=1S/C29H26NOP/c1-21-17-22(2)19-23(18-21)29-30-27(20-31-29)26-15-9-10-16-28(26)32(24-11-5-3-6-12-24)25-13-7-4-8-14-25/h3-19,27H,20H2,1-2H3/t27-/m1/s1. The lowest BCUT2D eigenvalue weighted by molar-refractivity contribution is 0.320. The van der Waals surface area contributed by atoms with Gasteiger partial charge in [-0.2, -0.15) is 0 Å². The molecule has 0 bridgehead atoms. The first-order valence-corrected chi connectivity index (χ1v) is 12.3. The van der Waals surface area contributed by atoms with Gasteiger partial charge in [0.2, 0.25) is 5.90 Å². The third-order valence-corrected chi connectivity index (χ3v) is 8.20. The third kappa shape index (κ3) is 4.24. The van der Waals surface area contributed by atoms with Gasteiger partial charge in [0.05, 0.1) is 0 Å². The SMILES string of the molecule is Cc1cc(C)cc(C2=N[C@@H](c3ccccc3P(c3ccccc3)c3ccccc3)CO2)c1. The van der Waals surface area contributed by atoms with Gasteiger partial charge in [-0.25, -0.2) is 4.99 Å². The number of rotatable bonds is 5. The van der Waals surface area contributed by atoms with E-state index in [1.165, 1.54) is 32.6 Å². The van der Waals surface area contributed by atoms with Gasteiger partial charge in [-0.3, -0.25) is 0 Å². The highest BCUT2D eigenvalue weighted by Crippen LogP contribution is 2.37. The maximum atomic E-state index is 6.12. The van der Waals surface area contributed by atoms with Crippen molar-refractivity contribution < 1.29 is 4.74 Å². The molecule has 0 aromatic heterocycles. The van der Waals surface area contributed by atoms with Crippen molar-refractivity contribution in [1.29, 1.82) is 0 Å². The van der Waals surface area contributed by atoms with E-state index in [-0.39, 0.29) is 6.04 Å².